The van der Waals surface area contributed by atoms with E-state index in [-0.39, 0.29) is 23.0 Å². The Morgan fingerprint density at radius 3 is 2.26 bits per heavy atom. The minimum atomic E-state index is -3.15. The predicted molar refractivity (Wildman–Crippen MR) is 125 cm³/mol. The highest BCUT2D eigenvalue weighted by Gasteiger charge is 2.29. The summed E-state index contributed by atoms with van der Waals surface area (Å²) in [6.07, 6.45) is 4.37. The second kappa shape index (κ2) is 10.7. The SMILES string of the molecule is CC[C@H]1CC[C@H](c2c(F)cc(C)c(Oc3ccccc3-c3ccc(OC(F)F)c(F)c3)c2F)CC1. The molecule has 7 heteroatoms. The Bertz CT molecular complexity index is 1190. The molecule has 0 spiro atoms. The zero-order valence-electron chi connectivity index (χ0n) is 19.6. The molecule has 0 unspecified atom stereocenters. The van der Waals surface area contributed by atoms with Gasteiger partial charge in [-0.2, -0.15) is 8.78 Å². The predicted octanol–water partition coefficient (Wildman–Crippen LogP) is 9.16. The van der Waals surface area contributed by atoms with E-state index in [1.165, 1.54) is 12.1 Å². The number of alkyl halides is 2. The standard InChI is InChI=1S/C28H27F5O2/c1-3-17-8-10-18(11-9-17)25-22(30)14-16(2)27(26(25)31)34-23-7-5-4-6-20(23)19-12-13-24(21(29)15-19)35-28(32)33/h4-7,12-15,17-18,28H,3,8-11H2,1-2H3/t17-,18-. The van der Waals surface area contributed by atoms with Gasteiger partial charge in [-0.3, -0.25) is 0 Å². The summed E-state index contributed by atoms with van der Waals surface area (Å²) in [6.45, 7) is 0.548. The number of halogens is 5. The van der Waals surface area contributed by atoms with Crippen LogP contribution in [0.5, 0.6) is 17.2 Å². The van der Waals surface area contributed by atoms with Crippen molar-refractivity contribution in [3.05, 3.63) is 77.1 Å². The first-order chi connectivity index (χ1) is 16.8. The molecule has 0 bridgehead atoms. The quantitative estimate of drug-likeness (QED) is 0.308. The number of para-hydroxylation sites is 1. The first-order valence-corrected chi connectivity index (χ1v) is 11.8. The van der Waals surface area contributed by atoms with Crippen LogP contribution in [0.3, 0.4) is 0 Å². The zero-order valence-corrected chi connectivity index (χ0v) is 19.6. The molecule has 0 N–H and O–H groups in total. The molecule has 0 aliphatic heterocycles. The van der Waals surface area contributed by atoms with E-state index in [0.717, 1.165) is 44.2 Å². The average Bonchev–Trinajstić information content (AvgIpc) is 2.83. The van der Waals surface area contributed by atoms with Gasteiger partial charge in [-0.1, -0.05) is 37.6 Å². The maximum Gasteiger partial charge on any atom is 0.387 e. The lowest BCUT2D eigenvalue weighted by atomic mass is 9.77. The second-order valence-corrected chi connectivity index (χ2v) is 8.98. The molecule has 3 aromatic rings. The Labute approximate surface area is 201 Å². The van der Waals surface area contributed by atoms with Gasteiger partial charge in [-0.05, 0) is 79.8 Å². The molecular formula is C28H27F5O2. The summed E-state index contributed by atoms with van der Waals surface area (Å²) in [4.78, 5) is 0. The average molecular weight is 491 g/mol. The van der Waals surface area contributed by atoms with Gasteiger partial charge in [0.1, 0.15) is 11.6 Å². The van der Waals surface area contributed by atoms with E-state index in [0.29, 0.717) is 22.6 Å². The highest BCUT2D eigenvalue weighted by atomic mass is 19.3. The lowest BCUT2D eigenvalue weighted by molar-refractivity contribution is -0.0521. The highest BCUT2D eigenvalue weighted by Crippen LogP contribution is 2.43. The number of hydrogen-bond acceptors (Lipinski definition) is 2. The van der Waals surface area contributed by atoms with Crippen LogP contribution in [0, 0.1) is 30.3 Å². The number of rotatable bonds is 7. The van der Waals surface area contributed by atoms with E-state index >= 15 is 4.39 Å². The molecule has 186 valence electrons. The summed E-state index contributed by atoms with van der Waals surface area (Å²) in [5, 5.41) is 0. The fourth-order valence-electron chi connectivity index (χ4n) is 4.86. The summed E-state index contributed by atoms with van der Waals surface area (Å²) in [5.41, 5.74) is 1.10. The van der Waals surface area contributed by atoms with Gasteiger partial charge in [-0.15, -0.1) is 0 Å². The van der Waals surface area contributed by atoms with Crippen LogP contribution in [0.4, 0.5) is 22.0 Å². The Morgan fingerprint density at radius 2 is 1.60 bits per heavy atom. The van der Waals surface area contributed by atoms with E-state index in [9.17, 15) is 17.6 Å². The van der Waals surface area contributed by atoms with Gasteiger partial charge in [0.15, 0.2) is 23.1 Å². The lowest BCUT2D eigenvalue weighted by Gasteiger charge is -2.29. The molecule has 1 saturated carbocycles. The van der Waals surface area contributed by atoms with E-state index in [1.807, 2.05) is 0 Å². The Hall–Kier alpha value is -3.09. The monoisotopic (exact) mass is 490 g/mol. The van der Waals surface area contributed by atoms with Crippen LogP contribution >= 0.6 is 0 Å². The van der Waals surface area contributed by atoms with Crippen molar-refractivity contribution in [3.63, 3.8) is 0 Å². The molecule has 0 amide bonds. The Kier molecular flexibility index (Phi) is 7.63. The minimum absolute atomic E-state index is 0.0529. The summed E-state index contributed by atoms with van der Waals surface area (Å²) in [7, 11) is 0. The molecule has 0 heterocycles. The van der Waals surface area contributed by atoms with Crippen LogP contribution in [0.2, 0.25) is 0 Å². The van der Waals surface area contributed by atoms with Gasteiger partial charge in [0, 0.05) is 11.1 Å². The number of hydrogen-bond donors (Lipinski definition) is 0. The minimum Gasteiger partial charge on any atom is -0.453 e. The van der Waals surface area contributed by atoms with Crippen molar-refractivity contribution in [2.45, 2.75) is 58.5 Å². The van der Waals surface area contributed by atoms with Crippen LogP contribution in [0.15, 0.2) is 48.5 Å². The van der Waals surface area contributed by atoms with E-state index in [4.69, 9.17) is 4.74 Å². The van der Waals surface area contributed by atoms with Crippen LogP contribution in [0.25, 0.3) is 11.1 Å². The maximum absolute atomic E-state index is 15.7. The van der Waals surface area contributed by atoms with Gasteiger partial charge in [-0.25, -0.2) is 13.2 Å². The van der Waals surface area contributed by atoms with Gasteiger partial charge in [0.05, 0.1) is 0 Å². The second-order valence-electron chi connectivity index (χ2n) is 8.98. The van der Waals surface area contributed by atoms with E-state index < -0.39 is 29.8 Å². The van der Waals surface area contributed by atoms with Crippen molar-refractivity contribution in [1.29, 1.82) is 0 Å². The molecule has 0 saturated heterocycles. The van der Waals surface area contributed by atoms with Crippen LogP contribution < -0.4 is 9.47 Å². The topological polar surface area (TPSA) is 18.5 Å². The van der Waals surface area contributed by atoms with Crippen molar-refractivity contribution in [2.24, 2.45) is 5.92 Å². The molecule has 35 heavy (non-hydrogen) atoms. The molecule has 4 rings (SSSR count). The van der Waals surface area contributed by atoms with Crippen LogP contribution in [-0.4, -0.2) is 6.61 Å². The van der Waals surface area contributed by atoms with Crippen molar-refractivity contribution < 1.29 is 31.4 Å². The van der Waals surface area contributed by atoms with Crippen molar-refractivity contribution in [1.82, 2.24) is 0 Å². The Morgan fingerprint density at radius 1 is 0.886 bits per heavy atom. The van der Waals surface area contributed by atoms with Crippen molar-refractivity contribution in [2.75, 3.05) is 0 Å². The van der Waals surface area contributed by atoms with Gasteiger partial charge in [0.25, 0.3) is 0 Å². The fourth-order valence-corrected chi connectivity index (χ4v) is 4.86. The smallest absolute Gasteiger partial charge is 0.387 e. The van der Waals surface area contributed by atoms with E-state index in [2.05, 4.69) is 11.7 Å². The molecule has 1 fully saturated rings. The first kappa shape index (κ1) is 25.0. The first-order valence-electron chi connectivity index (χ1n) is 11.8. The molecule has 1 aliphatic rings. The molecular weight excluding hydrogens is 463 g/mol. The van der Waals surface area contributed by atoms with Gasteiger partial charge >= 0.3 is 6.61 Å². The molecule has 2 nitrogen and oxygen atoms in total. The van der Waals surface area contributed by atoms with E-state index in [1.54, 1.807) is 31.2 Å². The van der Waals surface area contributed by atoms with Crippen molar-refractivity contribution in [3.8, 4) is 28.4 Å². The number of benzene rings is 3. The third-order valence-corrected chi connectivity index (χ3v) is 6.78. The maximum atomic E-state index is 15.7. The fraction of sp³-hybridized carbons (Fsp3) is 0.357. The number of ether oxygens (including phenoxy) is 2. The zero-order chi connectivity index (χ0) is 25.1. The summed E-state index contributed by atoms with van der Waals surface area (Å²) < 4.78 is 80.0. The molecule has 0 radical (unpaired) electrons. The molecule has 1 aliphatic carbocycles. The summed E-state index contributed by atoms with van der Waals surface area (Å²) in [5.74, 6) is -2.32. The van der Waals surface area contributed by atoms with Crippen LogP contribution in [-0.2, 0) is 0 Å². The third kappa shape index (κ3) is 5.44. The molecule has 3 aromatic carbocycles. The third-order valence-electron chi connectivity index (χ3n) is 6.78. The highest BCUT2D eigenvalue weighted by molar-refractivity contribution is 5.71. The lowest BCUT2D eigenvalue weighted by Crippen LogP contribution is -2.15. The summed E-state index contributed by atoms with van der Waals surface area (Å²) in [6, 6.07) is 11.4. The van der Waals surface area contributed by atoms with Gasteiger partial charge in [0.2, 0.25) is 0 Å². The normalized spacial score (nSPS) is 18.1. The molecule has 0 aromatic heterocycles. The number of aryl methyl sites for hydroxylation is 1. The largest absolute Gasteiger partial charge is 0.453 e. The Balaban J connectivity index is 1.67. The molecule has 0 atom stereocenters. The van der Waals surface area contributed by atoms with Crippen molar-refractivity contribution >= 4 is 0 Å². The van der Waals surface area contributed by atoms with Crippen LogP contribution in [0.1, 0.15) is 56.1 Å². The summed E-state index contributed by atoms with van der Waals surface area (Å²) >= 11 is 0. The van der Waals surface area contributed by atoms with Gasteiger partial charge < -0.3 is 9.47 Å².